The van der Waals surface area contributed by atoms with E-state index in [2.05, 4.69) is 32.6 Å². The molecule has 0 aliphatic heterocycles. The minimum Gasteiger partial charge on any atom is -0.490 e. The highest BCUT2D eigenvalue weighted by molar-refractivity contribution is 14.1. The Kier molecular flexibility index (Phi) is 6.14. The van der Waals surface area contributed by atoms with Crippen LogP contribution < -0.4 is 14.8 Å². The van der Waals surface area contributed by atoms with E-state index < -0.39 is 6.61 Å². The molecule has 0 spiro atoms. The summed E-state index contributed by atoms with van der Waals surface area (Å²) in [7, 11) is 0. The van der Waals surface area contributed by atoms with Crippen molar-refractivity contribution in [1.82, 2.24) is 0 Å². The van der Waals surface area contributed by atoms with Crippen molar-refractivity contribution in [2.45, 2.75) is 13.5 Å². The Bertz CT molecular complexity index is 695. The summed E-state index contributed by atoms with van der Waals surface area (Å²) in [6.45, 7) is -0.980. The van der Waals surface area contributed by atoms with Crippen LogP contribution in [0.3, 0.4) is 0 Å². The molecule has 0 aliphatic rings. The number of carbonyl (C=O) groups excluding carboxylic acids is 1. The minimum absolute atomic E-state index is 0.100. The standard InChI is InChI=1S/C16H14F2INO3/c1-2-22-14-8-10(6-7-13(14)23-16(17)18)15(21)20-12-5-3-4-11(19)9-12/h3-9,16H,2H2,1H3,(H,20,21). The van der Waals surface area contributed by atoms with E-state index in [1.807, 2.05) is 18.2 Å². The van der Waals surface area contributed by atoms with E-state index in [-0.39, 0.29) is 29.6 Å². The highest BCUT2D eigenvalue weighted by Gasteiger charge is 2.14. The number of rotatable bonds is 6. The van der Waals surface area contributed by atoms with Crippen LogP contribution in [0.2, 0.25) is 0 Å². The Hall–Kier alpha value is -1.90. The third-order valence-corrected chi connectivity index (χ3v) is 3.48. The molecule has 122 valence electrons. The van der Waals surface area contributed by atoms with Crippen molar-refractivity contribution in [2.75, 3.05) is 11.9 Å². The van der Waals surface area contributed by atoms with Crippen LogP contribution >= 0.6 is 22.6 Å². The number of anilines is 1. The van der Waals surface area contributed by atoms with Gasteiger partial charge >= 0.3 is 6.61 Å². The molecule has 0 radical (unpaired) electrons. The number of nitrogens with one attached hydrogen (secondary N) is 1. The van der Waals surface area contributed by atoms with Crippen LogP contribution in [0.25, 0.3) is 0 Å². The summed E-state index contributed by atoms with van der Waals surface area (Å²) < 4.78 is 35.4. The van der Waals surface area contributed by atoms with Gasteiger partial charge in [-0.1, -0.05) is 6.07 Å². The number of hydrogen-bond acceptors (Lipinski definition) is 3. The average Bonchev–Trinajstić information content (AvgIpc) is 2.48. The molecule has 2 aromatic rings. The maximum absolute atomic E-state index is 12.4. The summed E-state index contributed by atoms with van der Waals surface area (Å²) in [5.41, 5.74) is 0.932. The second-order valence-electron chi connectivity index (χ2n) is 4.44. The normalized spacial score (nSPS) is 10.5. The molecule has 0 bridgehead atoms. The van der Waals surface area contributed by atoms with Crippen LogP contribution in [0.15, 0.2) is 42.5 Å². The number of amides is 1. The van der Waals surface area contributed by atoms with Crippen molar-refractivity contribution < 1.29 is 23.0 Å². The molecule has 0 aromatic heterocycles. The Morgan fingerprint density at radius 3 is 2.65 bits per heavy atom. The van der Waals surface area contributed by atoms with Crippen molar-refractivity contribution in [3.05, 3.63) is 51.6 Å². The molecular weight excluding hydrogens is 419 g/mol. The summed E-state index contributed by atoms with van der Waals surface area (Å²) >= 11 is 2.14. The predicted molar refractivity (Wildman–Crippen MR) is 91.4 cm³/mol. The van der Waals surface area contributed by atoms with Gasteiger partial charge in [0.25, 0.3) is 5.91 Å². The van der Waals surface area contributed by atoms with Gasteiger partial charge in [-0.2, -0.15) is 8.78 Å². The molecule has 0 heterocycles. The monoisotopic (exact) mass is 433 g/mol. The molecular formula is C16H14F2INO3. The summed E-state index contributed by atoms with van der Waals surface area (Å²) in [6, 6.07) is 11.4. The van der Waals surface area contributed by atoms with E-state index in [1.54, 1.807) is 13.0 Å². The van der Waals surface area contributed by atoms with E-state index in [9.17, 15) is 13.6 Å². The van der Waals surface area contributed by atoms with Gasteiger partial charge < -0.3 is 14.8 Å². The van der Waals surface area contributed by atoms with E-state index in [1.165, 1.54) is 18.2 Å². The highest BCUT2D eigenvalue weighted by atomic mass is 127. The zero-order valence-electron chi connectivity index (χ0n) is 12.2. The molecule has 4 nitrogen and oxygen atoms in total. The summed E-state index contributed by atoms with van der Waals surface area (Å²) in [5.74, 6) is -0.368. The van der Waals surface area contributed by atoms with Crippen LogP contribution in [0.4, 0.5) is 14.5 Å². The first kappa shape index (κ1) is 17.5. The van der Waals surface area contributed by atoms with Gasteiger partial charge in [-0.15, -0.1) is 0 Å². The highest BCUT2D eigenvalue weighted by Crippen LogP contribution is 2.30. The molecule has 0 saturated heterocycles. The number of halogens is 3. The van der Waals surface area contributed by atoms with Gasteiger partial charge in [0.1, 0.15) is 0 Å². The van der Waals surface area contributed by atoms with Crippen molar-refractivity contribution in [1.29, 1.82) is 0 Å². The molecule has 1 N–H and O–H groups in total. The molecule has 7 heteroatoms. The zero-order valence-corrected chi connectivity index (χ0v) is 14.3. The SMILES string of the molecule is CCOc1cc(C(=O)Nc2cccc(I)c2)ccc1OC(F)F. The van der Waals surface area contributed by atoms with Gasteiger partial charge in [-0.25, -0.2) is 0 Å². The molecule has 0 atom stereocenters. The molecule has 0 fully saturated rings. The van der Waals surface area contributed by atoms with E-state index in [0.717, 1.165) is 3.57 Å². The number of hydrogen-bond donors (Lipinski definition) is 1. The first-order valence-corrected chi connectivity index (χ1v) is 7.86. The van der Waals surface area contributed by atoms with Crippen LogP contribution in [-0.2, 0) is 0 Å². The molecule has 2 aromatic carbocycles. The van der Waals surface area contributed by atoms with Gasteiger partial charge in [0.2, 0.25) is 0 Å². The van der Waals surface area contributed by atoms with Gasteiger partial charge in [0.15, 0.2) is 11.5 Å². The number of alkyl halides is 2. The molecule has 2 rings (SSSR count). The number of benzene rings is 2. The Morgan fingerprint density at radius 1 is 1.22 bits per heavy atom. The molecule has 1 amide bonds. The lowest BCUT2D eigenvalue weighted by Crippen LogP contribution is -2.13. The second kappa shape index (κ2) is 8.09. The van der Waals surface area contributed by atoms with E-state index >= 15 is 0 Å². The second-order valence-corrected chi connectivity index (χ2v) is 5.68. The summed E-state index contributed by atoms with van der Waals surface area (Å²) in [5, 5.41) is 2.74. The van der Waals surface area contributed by atoms with Crippen LogP contribution in [0.1, 0.15) is 17.3 Å². The van der Waals surface area contributed by atoms with E-state index in [4.69, 9.17) is 4.74 Å². The van der Waals surface area contributed by atoms with Gasteiger partial charge in [0, 0.05) is 14.8 Å². The lowest BCUT2D eigenvalue weighted by atomic mass is 10.2. The Morgan fingerprint density at radius 2 is 2.00 bits per heavy atom. The molecule has 0 saturated carbocycles. The van der Waals surface area contributed by atoms with Crippen LogP contribution in [-0.4, -0.2) is 19.1 Å². The first-order chi connectivity index (χ1) is 11.0. The number of carbonyl (C=O) groups is 1. The fraction of sp³-hybridized carbons (Fsp3) is 0.188. The molecule has 0 aliphatic carbocycles. The quantitative estimate of drug-likeness (QED) is 0.681. The van der Waals surface area contributed by atoms with Gasteiger partial charge in [-0.05, 0) is 65.9 Å². The maximum Gasteiger partial charge on any atom is 0.387 e. The van der Waals surface area contributed by atoms with Crippen molar-refractivity contribution in [3.8, 4) is 11.5 Å². The van der Waals surface area contributed by atoms with E-state index in [0.29, 0.717) is 5.69 Å². The molecule has 0 unspecified atom stereocenters. The van der Waals surface area contributed by atoms with Gasteiger partial charge in [0.05, 0.1) is 6.61 Å². The van der Waals surface area contributed by atoms with Crippen LogP contribution in [0, 0.1) is 3.57 Å². The maximum atomic E-state index is 12.4. The topological polar surface area (TPSA) is 47.6 Å². The lowest BCUT2D eigenvalue weighted by Gasteiger charge is -2.13. The van der Waals surface area contributed by atoms with Crippen molar-refractivity contribution >= 4 is 34.2 Å². The lowest BCUT2D eigenvalue weighted by molar-refractivity contribution is -0.0514. The summed E-state index contributed by atoms with van der Waals surface area (Å²) in [6.07, 6.45) is 0. The minimum atomic E-state index is -2.96. The molecule has 23 heavy (non-hydrogen) atoms. The smallest absolute Gasteiger partial charge is 0.387 e. The first-order valence-electron chi connectivity index (χ1n) is 6.78. The third kappa shape index (κ3) is 5.05. The fourth-order valence-corrected chi connectivity index (χ4v) is 2.42. The fourth-order valence-electron chi connectivity index (χ4n) is 1.88. The van der Waals surface area contributed by atoms with Gasteiger partial charge in [-0.3, -0.25) is 4.79 Å². The Balaban J connectivity index is 2.21. The summed E-state index contributed by atoms with van der Waals surface area (Å²) in [4.78, 5) is 12.3. The van der Waals surface area contributed by atoms with Crippen molar-refractivity contribution in [2.24, 2.45) is 0 Å². The largest absolute Gasteiger partial charge is 0.490 e. The third-order valence-electron chi connectivity index (χ3n) is 2.80. The Labute approximate surface area is 145 Å². The predicted octanol–water partition coefficient (Wildman–Crippen LogP) is 4.54. The zero-order chi connectivity index (χ0) is 16.8. The van der Waals surface area contributed by atoms with Crippen LogP contribution in [0.5, 0.6) is 11.5 Å². The average molecular weight is 433 g/mol. The van der Waals surface area contributed by atoms with Crippen molar-refractivity contribution in [3.63, 3.8) is 0 Å². The number of ether oxygens (including phenoxy) is 2.